The van der Waals surface area contributed by atoms with Crippen LogP contribution in [0.4, 0.5) is 0 Å². The number of nitrogens with one attached hydrogen (secondary N) is 2. The molecule has 0 aromatic rings. The molecule has 1 saturated carbocycles. The van der Waals surface area contributed by atoms with Crippen LogP contribution in [0.3, 0.4) is 0 Å². The molecule has 1 atom stereocenters. The summed E-state index contributed by atoms with van der Waals surface area (Å²) in [4.78, 5) is 11.7. The van der Waals surface area contributed by atoms with E-state index in [1.165, 1.54) is 19.3 Å². The van der Waals surface area contributed by atoms with Gasteiger partial charge in [-0.1, -0.05) is 13.3 Å². The molecular formula is C12H23ClN2O2. The SMILES string of the molecule is CC1(CNC(=O)CC2CNCCO2)CCC1.Cl. The van der Waals surface area contributed by atoms with Crippen molar-refractivity contribution in [1.29, 1.82) is 0 Å². The Bertz CT molecular complexity index is 251. The van der Waals surface area contributed by atoms with Crippen LogP contribution >= 0.6 is 12.4 Å². The Labute approximate surface area is 109 Å². The number of ether oxygens (including phenoxy) is 1. The minimum absolute atomic E-state index is 0. The maximum Gasteiger partial charge on any atom is 0.222 e. The predicted molar refractivity (Wildman–Crippen MR) is 69.4 cm³/mol. The van der Waals surface area contributed by atoms with Crippen LogP contribution in [0.2, 0.25) is 0 Å². The minimum Gasteiger partial charge on any atom is -0.375 e. The number of carbonyl (C=O) groups is 1. The van der Waals surface area contributed by atoms with Gasteiger partial charge in [0.15, 0.2) is 0 Å². The zero-order valence-corrected chi connectivity index (χ0v) is 11.3. The number of halogens is 1. The second-order valence-electron chi connectivity index (χ2n) is 5.34. The van der Waals surface area contributed by atoms with E-state index in [0.717, 1.165) is 26.2 Å². The van der Waals surface area contributed by atoms with E-state index in [2.05, 4.69) is 17.6 Å². The van der Waals surface area contributed by atoms with Crippen LogP contribution in [-0.2, 0) is 9.53 Å². The molecule has 1 heterocycles. The molecule has 4 nitrogen and oxygen atoms in total. The molecule has 2 rings (SSSR count). The molecule has 0 spiro atoms. The quantitative estimate of drug-likeness (QED) is 0.798. The molecule has 0 aromatic heterocycles. The Kier molecular flexibility index (Phi) is 5.70. The molecule has 1 aliphatic carbocycles. The average Bonchev–Trinajstić information content (AvgIpc) is 2.25. The molecule has 1 unspecified atom stereocenters. The van der Waals surface area contributed by atoms with E-state index in [1.54, 1.807) is 0 Å². The number of carbonyl (C=O) groups excluding carboxylic acids is 1. The summed E-state index contributed by atoms with van der Waals surface area (Å²) >= 11 is 0. The third-order valence-electron chi connectivity index (χ3n) is 3.69. The lowest BCUT2D eigenvalue weighted by Gasteiger charge is -2.38. The van der Waals surface area contributed by atoms with Crippen molar-refractivity contribution in [1.82, 2.24) is 10.6 Å². The largest absolute Gasteiger partial charge is 0.375 e. The highest BCUT2D eigenvalue weighted by molar-refractivity contribution is 5.85. The fourth-order valence-corrected chi connectivity index (χ4v) is 2.30. The van der Waals surface area contributed by atoms with Gasteiger partial charge in [-0.15, -0.1) is 12.4 Å². The summed E-state index contributed by atoms with van der Waals surface area (Å²) in [6, 6.07) is 0. The summed E-state index contributed by atoms with van der Waals surface area (Å²) in [5.41, 5.74) is 0.362. The van der Waals surface area contributed by atoms with Crippen molar-refractivity contribution in [3.8, 4) is 0 Å². The van der Waals surface area contributed by atoms with Crippen LogP contribution in [0.25, 0.3) is 0 Å². The van der Waals surface area contributed by atoms with Gasteiger partial charge in [0, 0.05) is 19.6 Å². The Balaban J connectivity index is 0.00000144. The maximum atomic E-state index is 11.7. The van der Waals surface area contributed by atoms with Gasteiger partial charge < -0.3 is 15.4 Å². The maximum absolute atomic E-state index is 11.7. The first-order valence-electron chi connectivity index (χ1n) is 6.27. The predicted octanol–water partition coefficient (Wildman–Crippen LogP) is 1.09. The topological polar surface area (TPSA) is 50.4 Å². The molecule has 2 aliphatic rings. The summed E-state index contributed by atoms with van der Waals surface area (Å²) in [6.07, 6.45) is 4.34. The lowest BCUT2D eigenvalue weighted by atomic mass is 9.70. The molecule has 2 fully saturated rings. The van der Waals surface area contributed by atoms with Crippen molar-refractivity contribution in [2.24, 2.45) is 5.41 Å². The highest BCUT2D eigenvalue weighted by atomic mass is 35.5. The number of amides is 1. The Morgan fingerprint density at radius 1 is 1.53 bits per heavy atom. The first-order chi connectivity index (χ1) is 7.68. The molecular weight excluding hydrogens is 240 g/mol. The second kappa shape index (κ2) is 6.57. The summed E-state index contributed by atoms with van der Waals surface area (Å²) in [5, 5.41) is 6.26. The van der Waals surface area contributed by atoms with Crippen LogP contribution < -0.4 is 10.6 Å². The van der Waals surface area contributed by atoms with E-state index in [0.29, 0.717) is 11.8 Å². The third kappa shape index (κ3) is 4.45. The first-order valence-corrected chi connectivity index (χ1v) is 6.27. The first kappa shape index (κ1) is 14.7. The Hall–Kier alpha value is -0.320. The lowest BCUT2D eigenvalue weighted by molar-refractivity contribution is -0.125. The number of hydrogen-bond acceptors (Lipinski definition) is 3. The van der Waals surface area contributed by atoms with Crippen molar-refractivity contribution in [2.75, 3.05) is 26.2 Å². The van der Waals surface area contributed by atoms with Gasteiger partial charge in [0.05, 0.1) is 19.1 Å². The van der Waals surface area contributed by atoms with E-state index in [-0.39, 0.29) is 24.4 Å². The number of morpholine rings is 1. The molecule has 5 heteroatoms. The Morgan fingerprint density at radius 3 is 2.82 bits per heavy atom. The van der Waals surface area contributed by atoms with Crippen LogP contribution in [0.1, 0.15) is 32.6 Å². The van der Waals surface area contributed by atoms with Gasteiger partial charge in [-0.05, 0) is 18.3 Å². The van der Waals surface area contributed by atoms with Gasteiger partial charge in [-0.2, -0.15) is 0 Å². The highest BCUT2D eigenvalue weighted by Gasteiger charge is 2.32. The summed E-state index contributed by atoms with van der Waals surface area (Å²) < 4.78 is 5.50. The molecule has 1 aliphatic heterocycles. The second-order valence-corrected chi connectivity index (χ2v) is 5.34. The van der Waals surface area contributed by atoms with Crippen LogP contribution in [-0.4, -0.2) is 38.3 Å². The van der Waals surface area contributed by atoms with Gasteiger partial charge in [-0.25, -0.2) is 0 Å². The number of hydrogen-bond donors (Lipinski definition) is 2. The molecule has 0 radical (unpaired) electrons. The molecule has 0 bridgehead atoms. The normalized spacial score (nSPS) is 26.5. The molecule has 1 saturated heterocycles. The molecule has 1 amide bonds. The van der Waals surface area contributed by atoms with E-state index in [4.69, 9.17) is 4.74 Å². The molecule has 2 N–H and O–H groups in total. The summed E-state index contributed by atoms with van der Waals surface area (Å²) in [7, 11) is 0. The molecule has 17 heavy (non-hydrogen) atoms. The summed E-state index contributed by atoms with van der Waals surface area (Å²) in [5.74, 6) is 0.127. The lowest BCUT2D eigenvalue weighted by Crippen LogP contribution is -2.44. The third-order valence-corrected chi connectivity index (χ3v) is 3.69. The average molecular weight is 263 g/mol. The van der Waals surface area contributed by atoms with Crippen molar-refractivity contribution >= 4 is 18.3 Å². The van der Waals surface area contributed by atoms with Crippen LogP contribution in [0, 0.1) is 5.41 Å². The minimum atomic E-state index is 0. The van der Waals surface area contributed by atoms with Gasteiger partial charge >= 0.3 is 0 Å². The van der Waals surface area contributed by atoms with Crippen molar-refractivity contribution in [3.05, 3.63) is 0 Å². The van der Waals surface area contributed by atoms with E-state index in [1.807, 2.05) is 0 Å². The van der Waals surface area contributed by atoms with Gasteiger partial charge in [0.25, 0.3) is 0 Å². The standard InChI is InChI=1S/C12H22N2O2.ClH/c1-12(3-2-4-12)9-14-11(15)7-10-8-13-5-6-16-10;/h10,13H,2-9H2,1H3,(H,14,15);1H. The van der Waals surface area contributed by atoms with Gasteiger partial charge in [0.2, 0.25) is 5.91 Å². The van der Waals surface area contributed by atoms with Gasteiger partial charge in [-0.3, -0.25) is 4.79 Å². The van der Waals surface area contributed by atoms with Gasteiger partial charge in [0.1, 0.15) is 0 Å². The van der Waals surface area contributed by atoms with Crippen molar-refractivity contribution in [2.45, 2.75) is 38.7 Å². The smallest absolute Gasteiger partial charge is 0.222 e. The number of rotatable bonds is 4. The fraction of sp³-hybridized carbons (Fsp3) is 0.917. The van der Waals surface area contributed by atoms with E-state index in [9.17, 15) is 4.79 Å². The summed E-state index contributed by atoms with van der Waals surface area (Å²) in [6.45, 7) is 5.48. The van der Waals surface area contributed by atoms with E-state index < -0.39 is 0 Å². The fourth-order valence-electron chi connectivity index (χ4n) is 2.30. The Morgan fingerprint density at radius 2 is 2.29 bits per heavy atom. The molecule has 100 valence electrons. The van der Waals surface area contributed by atoms with Crippen LogP contribution in [0.15, 0.2) is 0 Å². The monoisotopic (exact) mass is 262 g/mol. The van der Waals surface area contributed by atoms with Crippen molar-refractivity contribution in [3.63, 3.8) is 0 Å². The van der Waals surface area contributed by atoms with Crippen molar-refractivity contribution < 1.29 is 9.53 Å². The molecule has 0 aromatic carbocycles. The van der Waals surface area contributed by atoms with E-state index >= 15 is 0 Å². The van der Waals surface area contributed by atoms with Crippen LogP contribution in [0.5, 0.6) is 0 Å². The zero-order valence-electron chi connectivity index (χ0n) is 10.5. The highest BCUT2D eigenvalue weighted by Crippen LogP contribution is 2.39. The zero-order chi connectivity index (χ0) is 11.4.